The predicted molar refractivity (Wildman–Crippen MR) is 76.3 cm³/mol. The first-order valence-corrected chi connectivity index (χ1v) is 7.20. The van der Waals surface area contributed by atoms with E-state index < -0.39 is 5.41 Å². The third-order valence-corrected chi connectivity index (χ3v) is 3.93. The number of primary amides is 1. The molecule has 1 aliphatic rings. The molecule has 0 heterocycles. The van der Waals surface area contributed by atoms with Crippen LogP contribution in [0.3, 0.4) is 0 Å². The van der Waals surface area contributed by atoms with Crippen LogP contribution in [-0.4, -0.2) is 17.4 Å². The number of nitrogens with two attached hydrogens (primary N) is 1. The quantitative estimate of drug-likeness (QED) is 0.802. The highest BCUT2D eigenvalue weighted by atomic mass is 16.2. The molecule has 0 bridgehead atoms. The molecule has 1 saturated carbocycles. The Morgan fingerprint density at radius 1 is 1.26 bits per heavy atom. The molecule has 0 spiro atoms. The Morgan fingerprint density at radius 2 is 1.79 bits per heavy atom. The molecule has 0 aromatic carbocycles. The topological polar surface area (TPSA) is 72.2 Å². The molecule has 0 aromatic heterocycles. The van der Waals surface area contributed by atoms with Crippen molar-refractivity contribution in [1.29, 1.82) is 0 Å². The summed E-state index contributed by atoms with van der Waals surface area (Å²) in [6, 6.07) is 0. The molecule has 0 aliphatic heterocycles. The standard InChI is InChI=1S/C15H28N2O2/c1-10(2)9-11(12(18)17-14(3,4)5)15(13(16)19)7-6-8-15/h10-11H,6-9H2,1-5H3,(H2,16,19)(H,17,18). The largest absolute Gasteiger partial charge is 0.369 e. The molecule has 19 heavy (non-hydrogen) atoms. The average molecular weight is 268 g/mol. The summed E-state index contributed by atoms with van der Waals surface area (Å²) in [4.78, 5) is 24.4. The zero-order valence-corrected chi connectivity index (χ0v) is 12.9. The van der Waals surface area contributed by atoms with Crippen molar-refractivity contribution < 1.29 is 9.59 Å². The predicted octanol–water partition coefficient (Wildman–Crippen LogP) is 2.22. The SMILES string of the molecule is CC(C)CC(C(=O)NC(C)(C)C)C1(C(N)=O)CCC1. The van der Waals surface area contributed by atoms with E-state index in [1.807, 2.05) is 20.8 Å². The highest BCUT2D eigenvalue weighted by molar-refractivity contribution is 5.90. The first-order valence-electron chi connectivity index (χ1n) is 7.20. The van der Waals surface area contributed by atoms with Gasteiger partial charge >= 0.3 is 0 Å². The lowest BCUT2D eigenvalue weighted by atomic mass is 9.58. The van der Waals surface area contributed by atoms with Crippen molar-refractivity contribution in [3.63, 3.8) is 0 Å². The fourth-order valence-electron chi connectivity index (χ4n) is 2.84. The number of hydrogen-bond acceptors (Lipinski definition) is 2. The van der Waals surface area contributed by atoms with Crippen molar-refractivity contribution in [3.05, 3.63) is 0 Å². The van der Waals surface area contributed by atoms with Gasteiger partial charge in [-0.3, -0.25) is 9.59 Å². The number of carbonyl (C=O) groups is 2. The van der Waals surface area contributed by atoms with E-state index in [4.69, 9.17) is 5.73 Å². The van der Waals surface area contributed by atoms with Crippen molar-refractivity contribution >= 4 is 11.8 Å². The second kappa shape index (κ2) is 5.51. The summed E-state index contributed by atoms with van der Waals surface area (Å²) >= 11 is 0. The molecule has 110 valence electrons. The maximum absolute atomic E-state index is 12.5. The van der Waals surface area contributed by atoms with Crippen LogP contribution in [0.2, 0.25) is 0 Å². The number of carbonyl (C=O) groups excluding carboxylic acids is 2. The van der Waals surface area contributed by atoms with E-state index in [9.17, 15) is 9.59 Å². The third-order valence-electron chi connectivity index (χ3n) is 3.93. The van der Waals surface area contributed by atoms with Gasteiger partial charge in [-0.25, -0.2) is 0 Å². The molecule has 1 aliphatic carbocycles. The van der Waals surface area contributed by atoms with Crippen molar-refractivity contribution in [3.8, 4) is 0 Å². The van der Waals surface area contributed by atoms with Crippen molar-refractivity contribution in [2.75, 3.05) is 0 Å². The molecular formula is C15H28N2O2. The van der Waals surface area contributed by atoms with Crippen LogP contribution in [0.5, 0.6) is 0 Å². The Morgan fingerprint density at radius 3 is 2.05 bits per heavy atom. The van der Waals surface area contributed by atoms with Crippen molar-refractivity contribution in [2.45, 2.75) is 65.8 Å². The molecule has 0 saturated heterocycles. The van der Waals surface area contributed by atoms with Crippen LogP contribution in [0.1, 0.15) is 60.3 Å². The highest BCUT2D eigenvalue weighted by Gasteiger charge is 2.52. The minimum absolute atomic E-state index is 0.0281. The third kappa shape index (κ3) is 3.71. The zero-order chi connectivity index (χ0) is 14.8. The minimum atomic E-state index is -0.612. The lowest BCUT2D eigenvalue weighted by molar-refractivity contribution is -0.148. The van der Waals surface area contributed by atoms with Gasteiger partial charge in [-0.05, 0) is 46.0 Å². The van der Waals surface area contributed by atoms with Crippen LogP contribution in [-0.2, 0) is 9.59 Å². The first-order chi connectivity index (χ1) is 8.58. The van der Waals surface area contributed by atoms with E-state index in [1.165, 1.54) is 0 Å². The summed E-state index contributed by atoms with van der Waals surface area (Å²) in [5.41, 5.74) is 4.70. The molecule has 2 amide bonds. The summed E-state index contributed by atoms with van der Waals surface area (Å²) in [7, 11) is 0. The van der Waals surface area contributed by atoms with Crippen LogP contribution in [0, 0.1) is 17.3 Å². The summed E-state index contributed by atoms with van der Waals surface area (Å²) < 4.78 is 0. The normalized spacial score (nSPS) is 19.7. The summed E-state index contributed by atoms with van der Waals surface area (Å²) in [5.74, 6) is -0.265. The van der Waals surface area contributed by atoms with Gasteiger partial charge < -0.3 is 11.1 Å². The second-order valence-corrected chi connectivity index (χ2v) is 7.30. The molecule has 4 heteroatoms. The van der Waals surface area contributed by atoms with Crippen molar-refractivity contribution in [1.82, 2.24) is 5.32 Å². The van der Waals surface area contributed by atoms with Crippen LogP contribution in [0.15, 0.2) is 0 Å². The zero-order valence-electron chi connectivity index (χ0n) is 12.9. The van der Waals surface area contributed by atoms with E-state index >= 15 is 0 Å². The van der Waals surface area contributed by atoms with Gasteiger partial charge in [0, 0.05) is 5.54 Å². The molecule has 1 unspecified atom stereocenters. The smallest absolute Gasteiger partial charge is 0.224 e. The van der Waals surface area contributed by atoms with Crippen LogP contribution in [0.25, 0.3) is 0 Å². The Kier molecular flexibility index (Phi) is 4.64. The van der Waals surface area contributed by atoms with Crippen molar-refractivity contribution in [2.24, 2.45) is 23.0 Å². The Bertz CT molecular complexity index is 352. The van der Waals surface area contributed by atoms with Gasteiger partial charge in [0.15, 0.2) is 0 Å². The highest BCUT2D eigenvalue weighted by Crippen LogP contribution is 2.49. The molecule has 0 aromatic rings. The number of amides is 2. The Hall–Kier alpha value is -1.06. The van der Waals surface area contributed by atoms with Gasteiger partial charge in [0.2, 0.25) is 11.8 Å². The lowest BCUT2D eigenvalue weighted by Gasteiger charge is -2.45. The molecule has 1 atom stereocenters. The monoisotopic (exact) mass is 268 g/mol. The fourth-order valence-corrected chi connectivity index (χ4v) is 2.84. The van der Waals surface area contributed by atoms with E-state index in [2.05, 4.69) is 19.2 Å². The molecule has 0 radical (unpaired) electrons. The first kappa shape index (κ1) is 16.0. The molecular weight excluding hydrogens is 240 g/mol. The van der Waals surface area contributed by atoms with E-state index in [-0.39, 0.29) is 23.3 Å². The minimum Gasteiger partial charge on any atom is -0.369 e. The summed E-state index contributed by atoms with van der Waals surface area (Å²) in [6.45, 7) is 10.0. The number of hydrogen-bond donors (Lipinski definition) is 2. The Balaban J connectivity index is 2.94. The number of rotatable bonds is 5. The van der Waals surface area contributed by atoms with Crippen LogP contribution < -0.4 is 11.1 Å². The van der Waals surface area contributed by atoms with Crippen LogP contribution in [0.4, 0.5) is 0 Å². The maximum Gasteiger partial charge on any atom is 0.224 e. The second-order valence-electron chi connectivity index (χ2n) is 7.30. The molecule has 1 fully saturated rings. The van der Waals surface area contributed by atoms with Gasteiger partial charge in [0.25, 0.3) is 0 Å². The van der Waals surface area contributed by atoms with Gasteiger partial charge in [-0.15, -0.1) is 0 Å². The van der Waals surface area contributed by atoms with E-state index in [0.717, 1.165) is 19.3 Å². The van der Waals surface area contributed by atoms with Gasteiger partial charge in [0.05, 0.1) is 11.3 Å². The number of nitrogens with one attached hydrogen (secondary N) is 1. The Labute approximate surface area is 116 Å². The van der Waals surface area contributed by atoms with Gasteiger partial charge in [0.1, 0.15) is 0 Å². The summed E-state index contributed by atoms with van der Waals surface area (Å²) in [5, 5.41) is 3.01. The summed E-state index contributed by atoms with van der Waals surface area (Å²) in [6.07, 6.45) is 3.19. The van der Waals surface area contributed by atoms with E-state index in [0.29, 0.717) is 12.3 Å². The van der Waals surface area contributed by atoms with E-state index in [1.54, 1.807) is 0 Å². The molecule has 3 N–H and O–H groups in total. The molecule has 1 rings (SSSR count). The van der Waals surface area contributed by atoms with Gasteiger partial charge in [-0.1, -0.05) is 20.3 Å². The molecule has 4 nitrogen and oxygen atoms in total. The van der Waals surface area contributed by atoms with Crippen LogP contribution >= 0.6 is 0 Å². The average Bonchev–Trinajstić information content (AvgIpc) is 2.09. The van der Waals surface area contributed by atoms with Gasteiger partial charge in [-0.2, -0.15) is 0 Å². The lowest BCUT2D eigenvalue weighted by Crippen LogP contribution is -2.56. The maximum atomic E-state index is 12.5. The fraction of sp³-hybridized carbons (Fsp3) is 0.867.